The highest BCUT2D eigenvalue weighted by atomic mass is 19.1. The molecule has 0 aromatic heterocycles. The second-order valence-corrected chi connectivity index (χ2v) is 7.01. The monoisotopic (exact) mass is 381 g/mol. The molecule has 0 spiro atoms. The number of piperidine rings is 1. The molecule has 2 aliphatic rings. The van der Waals surface area contributed by atoms with Gasteiger partial charge in [-0.15, -0.1) is 0 Å². The Morgan fingerprint density at radius 1 is 1.07 bits per heavy atom. The lowest BCUT2D eigenvalue weighted by atomic mass is 9.98. The van der Waals surface area contributed by atoms with Crippen molar-refractivity contribution in [2.75, 3.05) is 31.6 Å². The summed E-state index contributed by atoms with van der Waals surface area (Å²) in [5, 5.41) is 2.32. The molecule has 0 radical (unpaired) electrons. The highest BCUT2D eigenvalue weighted by Crippen LogP contribution is 2.25. The normalized spacial score (nSPS) is 19.0. The average Bonchev–Trinajstić information content (AvgIpc) is 2.66. The minimum Gasteiger partial charge on any atom is -0.381 e. The van der Waals surface area contributed by atoms with E-state index < -0.39 is 23.4 Å². The number of carbonyl (C=O) groups is 2. The summed E-state index contributed by atoms with van der Waals surface area (Å²) in [6.07, 6.45) is 2.94. The van der Waals surface area contributed by atoms with Gasteiger partial charge in [-0.2, -0.15) is 0 Å². The van der Waals surface area contributed by atoms with Gasteiger partial charge in [-0.1, -0.05) is 6.07 Å². The Bertz CT molecular complexity index is 667. The van der Waals surface area contributed by atoms with E-state index in [1.807, 2.05) is 4.90 Å². The molecule has 0 bridgehead atoms. The van der Waals surface area contributed by atoms with Gasteiger partial charge in [0.05, 0.1) is 0 Å². The van der Waals surface area contributed by atoms with Crippen LogP contribution in [0, 0.1) is 11.6 Å². The van der Waals surface area contributed by atoms with Gasteiger partial charge in [0.15, 0.2) is 0 Å². The van der Waals surface area contributed by atoms with Crippen molar-refractivity contribution in [1.82, 2.24) is 9.80 Å². The maximum absolute atomic E-state index is 13.7. The molecule has 6 nitrogen and oxygen atoms in total. The second-order valence-electron chi connectivity index (χ2n) is 7.01. The molecule has 0 atom stereocenters. The molecule has 148 valence electrons. The molecule has 0 aliphatic carbocycles. The van der Waals surface area contributed by atoms with Crippen molar-refractivity contribution in [3.05, 3.63) is 29.8 Å². The van der Waals surface area contributed by atoms with Gasteiger partial charge in [-0.25, -0.2) is 13.6 Å². The zero-order valence-corrected chi connectivity index (χ0v) is 15.4. The van der Waals surface area contributed by atoms with Crippen molar-refractivity contribution < 1.29 is 23.1 Å². The quantitative estimate of drug-likeness (QED) is 0.876. The number of nitrogens with zero attached hydrogens (tertiary/aromatic N) is 2. The van der Waals surface area contributed by atoms with Crippen LogP contribution in [0.3, 0.4) is 0 Å². The topological polar surface area (TPSA) is 61.9 Å². The first-order chi connectivity index (χ1) is 13.0. The molecular formula is C19H25F2N3O3. The number of carbonyl (C=O) groups excluding carboxylic acids is 2. The Kier molecular flexibility index (Phi) is 6.26. The molecule has 8 heteroatoms. The Hall–Kier alpha value is -2.22. The first-order valence-electron chi connectivity index (χ1n) is 9.34. The molecule has 2 heterocycles. The lowest BCUT2D eigenvalue weighted by molar-refractivity contribution is -0.137. The minimum atomic E-state index is -0.805. The van der Waals surface area contributed by atoms with E-state index in [1.54, 1.807) is 6.92 Å². The van der Waals surface area contributed by atoms with Gasteiger partial charge in [0, 0.05) is 45.3 Å². The molecule has 27 heavy (non-hydrogen) atoms. The largest absolute Gasteiger partial charge is 0.381 e. The minimum absolute atomic E-state index is 0.0400. The van der Waals surface area contributed by atoms with E-state index in [-0.39, 0.29) is 18.0 Å². The third kappa shape index (κ3) is 4.55. The van der Waals surface area contributed by atoms with Gasteiger partial charge in [-0.05, 0) is 37.8 Å². The van der Waals surface area contributed by atoms with Gasteiger partial charge in [0.2, 0.25) is 5.91 Å². The summed E-state index contributed by atoms with van der Waals surface area (Å²) in [4.78, 5) is 28.0. The van der Waals surface area contributed by atoms with Crippen LogP contribution < -0.4 is 5.32 Å². The van der Waals surface area contributed by atoms with Crippen molar-refractivity contribution in [3.63, 3.8) is 0 Å². The average molecular weight is 381 g/mol. The Balaban J connectivity index is 1.59. The molecule has 1 N–H and O–H groups in total. The lowest BCUT2D eigenvalue weighted by Crippen LogP contribution is -2.53. The predicted molar refractivity (Wildman–Crippen MR) is 96.3 cm³/mol. The highest BCUT2D eigenvalue weighted by molar-refractivity contribution is 5.89. The van der Waals surface area contributed by atoms with Gasteiger partial charge >= 0.3 is 6.03 Å². The molecule has 2 aliphatic heterocycles. The maximum atomic E-state index is 13.7. The van der Waals surface area contributed by atoms with Gasteiger partial charge < -0.3 is 19.9 Å². The number of anilines is 1. The SMILES string of the molecule is CC(=O)N(C1CCOCC1)C1CCN(C(=O)Nc2c(F)cccc2F)CC1. The highest BCUT2D eigenvalue weighted by Gasteiger charge is 2.33. The predicted octanol–water partition coefficient (Wildman–Crippen LogP) is 2.99. The fourth-order valence-electron chi connectivity index (χ4n) is 3.93. The third-order valence-corrected chi connectivity index (χ3v) is 5.29. The van der Waals surface area contributed by atoms with Crippen LogP contribution in [-0.2, 0) is 9.53 Å². The number of benzene rings is 1. The number of urea groups is 1. The molecule has 0 saturated carbocycles. The number of para-hydroxylation sites is 1. The molecule has 1 aromatic rings. The van der Waals surface area contributed by atoms with Crippen molar-refractivity contribution >= 4 is 17.6 Å². The Labute approximate surface area is 157 Å². The van der Waals surface area contributed by atoms with Crippen LogP contribution in [0.1, 0.15) is 32.6 Å². The summed E-state index contributed by atoms with van der Waals surface area (Å²) in [7, 11) is 0. The van der Waals surface area contributed by atoms with Crippen LogP contribution in [0.15, 0.2) is 18.2 Å². The van der Waals surface area contributed by atoms with E-state index >= 15 is 0 Å². The fourth-order valence-corrected chi connectivity index (χ4v) is 3.93. The number of ether oxygens (including phenoxy) is 1. The summed E-state index contributed by atoms with van der Waals surface area (Å²) in [6.45, 7) is 3.75. The smallest absolute Gasteiger partial charge is 0.322 e. The van der Waals surface area contributed by atoms with Crippen LogP contribution >= 0.6 is 0 Å². The summed E-state index contributed by atoms with van der Waals surface area (Å²) in [6, 6.07) is 3.16. The molecule has 1 aromatic carbocycles. The molecule has 2 fully saturated rings. The number of nitrogens with one attached hydrogen (secondary N) is 1. The number of halogens is 2. The van der Waals surface area contributed by atoms with Crippen LogP contribution in [-0.4, -0.2) is 60.1 Å². The van der Waals surface area contributed by atoms with Crippen molar-refractivity contribution in [1.29, 1.82) is 0 Å². The van der Waals surface area contributed by atoms with E-state index in [4.69, 9.17) is 4.74 Å². The maximum Gasteiger partial charge on any atom is 0.322 e. The summed E-state index contributed by atoms with van der Waals surface area (Å²) in [5.74, 6) is -1.57. The van der Waals surface area contributed by atoms with E-state index in [1.165, 1.54) is 11.0 Å². The zero-order chi connectivity index (χ0) is 19.4. The van der Waals surface area contributed by atoms with Crippen molar-refractivity contribution in [3.8, 4) is 0 Å². The molecule has 3 rings (SSSR count). The second kappa shape index (κ2) is 8.65. The molecular weight excluding hydrogens is 356 g/mol. The molecule has 0 unspecified atom stereocenters. The molecule has 2 saturated heterocycles. The first kappa shape index (κ1) is 19.5. The Morgan fingerprint density at radius 2 is 1.63 bits per heavy atom. The Morgan fingerprint density at radius 3 is 2.19 bits per heavy atom. The number of hydrogen-bond acceptors (Lipinski definition) is 3. The van der Waals surface area contributed by atoms with Gasteiger partial charge in [0.1, 0.15) is 17.3 Å². The van der Waals surface area contributed by atoms with Crippen LogP contribution in [0.25, 0.3) is 0 Å². The summed E-state index contributed by atoms with van der Waals surface area (Å²) in [5.41, 5.74) is -0.433. The van der Waals surface area contributed by atoms with E-state index in [0.29, 0.717) is 39.1 Å². The van der Waals surface area contributed by atoms with E-state index in [9.17, 15) is 18.4 Å². The van der Waals surface area contributed by atoms with Crippen molar-refractivity contribution in [2.45, 2.75) is 44.7 Å². The van der Waals surface area contributed by atoms with E-state index in [0.717, 1.165) is 25.0 Å². The first-order valence-corrected chi connectivity index (χ1v) is 9.34. The number of hydrogen-bond donors (Lipinski definition) is 1. The van der Waals surface area contributed by atoms with Crippen molar-refractivity contribution in [2.24, 2.45) is 0 Å². The third-order valence-electron chi connectivity index (χ3n) is 5.29. The standard InChI is InChI=1S/C19H25F2N3O3/c1-13(25)24(15-7-11-27-12-8-15)14-5-9-23(10-6-14)19(26)22-18-16(20)3-2-4-17(18)21/h2-4,14-15H,5-12H2,1H3,(H,22,26). The fraction of sp³-hybridized carbons (Fsp3) is 0.579. The van der Waals surface area contributed by atoms with Gasteiger partial charge in [0.25, 0.3) is 0 Å². The number of likely N-dealkylation sites (tertiary alicyclic amines) is 1. The summed E-state index contributed by atoms with van der Waals surface area (Å²) >= 11 is 0. The lowest BCUT2D eigenvalue weighted by Gasteiger charge is -2.43. The van der Waals surface area contributed by atoms with Crippen LogP contribution in [0.4, 0.5) is 19.3 Å². The van der Waals surface area contributed by atoms with E-state index in [2.05, 4.69) is 5.32 Å². The van der Waals surface area contributed by atoms with Crippen LogP contribution in [0.5, 0.6) is 0 Å². The molecule has 3 amide bonds. The zero-order valence-electron chi connectivity index (χ0n) is 15.4. The van der Waals surface area contributed by atoms with Gasteiger partial charge in [-0.3, -0.25) is 4.79 Å². The summed E-state index contributed by atoms with van der Waals surface area (Å²) < 4.78 is 32.8. The van der Waals surface area contributed by atoms with Crippen LogP contribution in [0.2, 0.25) is 0 Å². The number of rotatable bonds is 3. The number of amides is 3.